The predicted molar refractivity (Wildman–Crippen MR) is 136 cm³/mol. The summed E-state index contributed by atoms with van der Waals surface area (Å²) in [6, 6.07) is 31.0. The molecule has 6 heteroatoms. The van der Waals surface area contributed by atoms with Crippen molar-refractivity contribution in [2.24, 2.45) is 0 Å². The van der Waals surface area contributed by atoms with E-state index in [0.29, 0.717) is 35.8 Å². The second-order valence-electron chi connectivity index (χ2n) is 8.07. The molecule has 35 heavy (non-hydrogen) atoms. The van der Waals surface area contributed by atoms with E-state index in [1.165, 1.54) is 0 Å². The van der Waals surface area contributed by atoms with Gasteiger partial charge in [0.25, 0.3) is 5.91 Å². The first-order valence-electron chi connectivity index (χ1n) is 11.3. The Bertz CT molecular complexity index is 1400. The number of rotatable bonds is 8. The molecule has 0 aliphatic heterocycles. The van der Waals surface area contributed by atoms with Crippen molar-refractivity contribution < 1.29 is 9.53 Å². The molecule has 1 N–H and O–H groups in total. The van der Waals surface area contributed by atoms with Gasteiger partial charge in [0.15, 0.2) is 0 Å². The Kier molecular flexibility index (Phi) is 6.62. The average molecular weight is 461 g/mol. The predicted octanol–water partition coefficient (Wildman–Crippen LogP) is 5.82. The minimum Gasteiger partial charge on any atom is -0.489 e. The maximum Gasteiger partial charge on any atom is 0.259 e. The molecule has 0 saturated carbocycles. The first-order valence-corrected chi connectivity index (χ1v) is 11.3. The summed E-state index contributed by atoms with van der Waals surface area (Å²) >= 11 is 0. The van der Waals surface area contributed by atoms with E-state index in [4.69, 9.17) is 9.84 Å². The molecule has 0 aliphatic rings. The van der Waals surface area contributed by atoms with Crippen LogP contribution in [0.15, 0.2) is 116 Å². The van der Waals surface area contributed by atoms with Crippen LogP contribution in [-0.2, 0) is 13.2 Å². The number of nitrogens with one attached hydrogen (secondary N) is 1. The lowest BCUT2D eigenvalue weighted by molar-refractivity contribution is 0.102. The van der Waals surface area contributed by atoms with Crippen molar-refractivity contribution in [2.75, 3.05) is 5.32 Å². The van der Waals surface area contributed by atoms with Crippen LogP contribution >= 0.6 is 0 Å². The molecular weight excluding hydrogens is 436 g/mol. The van der Waals surface area contributed by atoms with E-state index >= 15 is 0 Å². The van der Waals surface area contributed by atoms with Gasteiger partial charge in [0.2, 0.25) is 0 Å². The van der Waals surface area contributed by atoms with Gasteiger partial charge in [-0.05, 0) is 23.8 Å². The lowest BCUT2D eigenvalue weighted by Crippen LogP contribution is -2.12. The number of hydrogen-bond donors (Lipinski definition) is 1. The van der Waals surface area contributed by atoms with Crippen LogP contribution in [0.3, 0.4) is 0 Å². The third-order valence-electron chi connectivity index (χ3n) is 5.46. The molecule has 0 unspecified atom stereocenters. The lowest BCUT2D eigenvalue weighted by atomic mass is 10.1. The van der Waals surface area contributed by atoms with Crippen LogP contribution in [0.1, 0.15) is 21.5 Å². The van der Waals surface area contributed by atoms with E-state index in [2.05, 4.69) is 10.3 Å². The van der Waals surface area contributed by atoms with E-state index < -0.39 is 0 Å². The zero-order valence-electron chi connectivity index (χ0n) is 19.0. The van der Waals surface area contributed by atoms with Crippen LogP contribution in [0.5, 0.6) is 5.75 Å². The quantitative estimate of drug-likeness (QED) is 0.317. The molecule has 5 aromatic rings. The van der Waals surface area contributed by atoms with Crippen LogP contribution in [0.25, 0.3) is 11.3 Å². The number of nitrogens with zero attached hydrogens (tertiary/aromatic N) is 3. The summed E-state index contributed by atoms with van der Waals surface area (Å²) in [6.45, 7) is 0.973. The minimum atomic E-state index is -0.229. The van der Waals surface area contributed by atoms with E-state index in [9.17, 15) is 4.79 Å². The van der Waals surface area contributed by atoms with Crippen molar-refractivity contribution >= 4 is 11.6 Å². The van der Waals surface area contributed by atoms with Crippen molar-refractivity contribution in [1.29, 1.82) is 0 Å². The average Bonchev–Trinajstić information content (AvgIpc) is 3.33. The highest BCUT2D eigenvalue weighted by Crippen LogP contribution is 2.25. The summed E-state index contributed by atoms with van der Waals surface area (Å²) in [4.78, 5) is 17.5. The molecule has 0 radical (unpaired) electrons. The molecule has 172 valence electrons. The highest BCUT2D eigenvalue weighted by atomic mass is 16.5. The number of aromatic nitrogens is 3. The van der Waals surface area contributed by atoms with E-state index in [-0.39, 0.29) is 5.91 Å². The third kappa shape index (κ3) is 5.62. The minimum absolute atomic E-state index is 0.229. The number of pyridine rings is 1. The molecule has 2 aromatic heterocycles. The number of carbonyl (C=O) groups is 1. The maximum absolute atomic E-state index is 13.4. The van der Waals surface area contributed by atoms with E-state index in [1.807, 2.05) is 97.1 Å². The topological polar surface area (TPSA) is 69.0 Å². The van der Waals surface area contributed by atoms with Crippen LogP contribution in [0.4, 0.5) is 5.69 Å². The molecule has 0 bridgehead atoms. The number of ether oxygens (including phenoxy) is 1. The summed E-state index contributed by atoms with van der Waals surface area (Å²) in [6.07, 6.45) is 5.29. The monoisotopic (exact) mass is 460 g/mol. The van der Waals surface area contributed by atoms with Crippen LogP contribution < -0.4 is 10.1 Å². The smallest absolute Gasteiger partial charge is 0.259 e. The summed E-state index contributed by atoms with van der Waals surface area (Å²) in [5, 5.41) is 7.74. The number of benzene rings is 3. The fourth-order valence-corrected chi connectivity index (χ4v) is 3.76. The molecule has 2 heterocycles. The van der Waals surface area contributed by atoms with Gasteiger partial charge in [-0.25, -0.2) is 0 Å². The van der Waals surface area contributed by atoms with Crippen LogP contribution in [0, 0.1) is 0 Å². The molecule has 0 aliphatic carbocycles. The molecule has 3 aromatic carbocycles. The third-order valence-corrected chi connectivity index (χ3v) is 5.46. The standard InChI is InChI=1S/C29H24N4O2/c34-29(31-25-14-7-15-26(17-25)35-21-23-11-8-16-30-18-23)27-20-33(19-22-9-3-1-4-10-22)32-28(27)24-12-5-2-6-13-24/h1-18,20H,19,21H2,(H,31,34). The van der Waals surface area contributed by atoms with Crippen molar-refractivity contribution in [3.05, 3.63) is 132 Å². The Labute approximate surface area is 203 Å². The van der Waals surface area contributed by atoms with E-state index in [1.54, 1.807) is 23.3 Å². The van der Waals surface area contributed by atoms with Gasteiger partial charge in [-0.1, -0.05) is 72.8 Å². The molecule has 5 rings (SSSR count). The molecular formula is C29H24N4O2. The number of hydrogen-bond acceptors (Lipinski definition) is 4. The van der Waals surface area contributed by atoms with Crippen molar-refractivity contribution in [3.63, 3.8) is 0 Å². The van der Waals surface area contributed by atoms with Gasteiger partial charge in [0, 0.05) is 41.5 Å². The fourth-order valence-electron chi connectivity index (χ4n) is 3.76. The maximum atomic E-state index is 13.4. The van der Waals surface area contributed by atoms with Gasteiger partial charge in [0.1, 0.15) is 18.1 Å². The second-order valence-corrected chi connectivity index (χ2v) is 8.07. The van der Waals surface area contributed by atoms with Crippen molar-refractivity contribution in [3.8, 4) is 17.0 Å². The lowest BCUT2D eigenvalue weighted by Gasteiger charge is -2.09. The summed E-state index contributed by atoms with van der Waals surface area (Å²) < 4.78 is 7.68. The first kappa shape index (κ1) is 22.1. The van der Waals surface area contributed by atoms with Crippen LogP contribution in [0.2, 0.25) is 0 Å². The molecule has 0 fully saturated rings. The Balaban J connectivity index is 1.36. The normalized spacial score (nSPS) is 10.6. The largest absolute Gasteiger partial charge is 0.489 e. The first-order chi connectivity index (χ1) is 17.2. The van der Waals surface area contributed by atoms with Gasteiger partial charge in [0.05, 0.1) is 12.1 Å². The summed E-state index contributed by atoms with van der Waals surface area (Å²) in [5.41, 5.74) is 4.77. The summed E-state index contributed by atoms with van der Waals surface area (Å²) in [7, 11) is 0. The highest BCUT2D eigenvalue weighted by Gasteiger charge is 2.18. The van der Waals surface area contributed by atoms with Crippen molar-refractivity contribution in [2.45, 2.75) is 13.2 Å². The van der Waals surface area contributed by atoms with Crippen LogP contribution in [-0.4, -0.2) is 20.7 Å². The number of carbonyl (C=O) groups excluding carboxylic acids is 1. The van der Waals surface area contributed by atoms with Gasteiger partial charge in [-0.15, -0.1) is 0 Å². The molecule has 0 saturated heterocycles. The molecule has 0 atom stereocenters. The zero-order chi connectivity index (χ0) is 23.9. The van der Waals surface area contributed by atoms with Gasteiger partial charge < -0.3 is 10.1 Å². The Morgan fingerprint density at radius 3 is 2.40 bits per heavy atom. The van der Waals surface area contributed by atoms with E-state index in [0.717, 1.165) is 16.7 Å². The molecule has 6 nitrogen and oxygen atoms in total. The Hall–Kier alpha value is -4.71. The van der Waals surface area contributed by atoms with Gasteiger partial charge in [-0.2, -0.15) is 5.10 Å². The zero-order valence-corrected chi connectivity index (χ0v) is 19.0. The Morgan fingerprint density at radius 2 is 1.63 bits per heavy atom. The van der Waals surface area contributed by atoms with Gasteiger partial charge in [-0.3, -0.25) is 14.5 Å². The second kappa shape index (κ2) is 10.5. The van der Waals surface area contributed by atoms with Gasteiger partial charge >= 0.3 is 0 Å². The Morgan fingerprint density at radius 1 is 0.857 bits per heavy atom. The number of anilines is 1. The fraction of sp³-hybridized carbons (Fsp3) is 0.0690. The molecule has 0 spiro atoms. The van der Waals surface area contributed by atoms with Crippen molar-refractivity contribution in [1.82, 2.24) is 14.8 Å². The summed E-state index contributed by atoms with van der Waals surface area (Å²) in [5.74, 6) is 0.433. The SMILES string of the molecule is O=C(Nc1cccc(OCc2cccnc2)c1)c1cn(Cc2ccccc2)nc1-c1ccccc1. The molecule has 1 amide bonds. The highest BCUT2D eigenvalue weighted by molar-refractivity contribution is 6.08. The number of amides is 1.